The highest BCUT2D eigenvalue weighted by Gasteiger charge is 2.31. The molecule has 1 saturated carbocycles. The molecule has 2 aromatic heterocycles. The molecule has 0 unspecified atom stereocenters. The van der Waals surface area contributed by atoms with Gasteiger partial charge >= 0.3 is 5.97 Å². The molecule has 1 aliphatic rings. The van der Waals surface area contributed by atoms with Crippen LogP contribution in [0.2, 0.25) is 0 Å². The van der Waals surface area contributed by atoms with Gasteiger partial charge in [0.05, 0.1) is 5.69 Å². The number of aromatic nitrogens is 4. The summed E-state index contributed by atoms with van der Waals surface area (Å²) in [5.41, 5.74) is 0.672. The van der Waals surface area contributed by atoms with Crippen LogP contribution >= 0.6 is 0 Å². The fraction of sp³-hybridized carbons (Fsp3) is 0.500. The van der Waals surface area contributed by atoms with Crippen molar-refractivity contribution in [2.75, 3.05) is 0 Å². The Labute approximate surface area is 91.5 Å². The second-order valence-corrected chi connectivity index (χ2v) is 4.25. The average Bonchev–Trinajstić information content (AvgIpc) is 2.92. The van der Waals surface area contributed by atoms with E-state index >= 15 is 0 Å². The van der Waals surface area contributed by atoms with Crippen LogP contribution in [0.4, 0.5) is 0 Å². The summed E-state index contributed by atoms with van der Waals surface area (Å²) in [5.74, 6) is 1.04. The highest BCUT2D eigenvalue weighted by atomic mass is 16.4. The molecule has 0 aliphatic heterocycles. The van der Waals surface area contributed by atoms with Crippen molar-refractivity contribution in [3.8, 4) is 0 Å². The van der Waals surface area contributed by atoms with Gasteiger partial charge < -0.3 is 5.11 Å². The van der Waals surface area contributed by atoms with Crippen LogP contribution in [-0.4, -0.2) is 30.2 Å². The Morgan fingerprint density at radius 1 is 1.50 bits per heavy atom. The van der Waals surface area contributed by atoms with E-state index in [1.165, 1.54) is 4.52 Å². The first-order chi connectivity index (χ1) is 7.59. The van der Waals surface area contributed by atoms with Crippen molar-refractivity contribution in [3.05, 3.63) is 17.2 Å². The van der Waals surface area contributed by atoms with Crippen molar-refractivity contribution < 1.29 is 9.90 Å². The summed E-state index contributed by atoms with van der Waals surface area (Å²) in [5, 5.41) is 13.4. The standard InChI is InChI=1S/C10H12N4O2/c1-5-7(9(15)16)14-10(11-5)13(2)8(12-14)6-3-4-6/h6H,3-4H2,1-2H3,(H,15,16). The zero-order valence-corrected chi connectivity index (χ0v) is 9.14. The van der Waals surface area contributed by atoms with Crippen LogP contribution in [0.3, 0.4) is 0 Å². The Morgan fingerprint density at radius 3 is 2.75 bits per heavy atom. The maximum atomic E-state index is 11.1. The molecule has 0 bridgehead atoms. The number of carbonyl (C=O) groups is 1. The van der Waals surface area contributed by atoms with Crippen LogP contribution in [-0.2, 0) is 7.05 Å². The molecular weight excluding hydrogens is 208 g/mol. The zero-order valence-electron chi connectivity index (χ0n) is 9.14. The lowest BCUT2D eigenvalue weighted by Crippen LogP contribution is -2.04. The Hall–Kier alpha value is -1.85. The minimum Gasteiger partial charge on any atom is -0.476 e. The van der Waals surface area contributed by atoms with Gasteiger partial charge in [-0.15, -0.1) is 0 Å². The molecule has 1 N–H and O–H groups in total. The smallest absolute Gasteiger partial charge is 0.356 e. The van der Waals surface area contributed by atoms with Gasteiger partial charge in [-0.25, -0.2) is 9.78 Å². The number of carboxylic acid groups (broad SMARTS) is 1. The molecule has 6 nitrogen and oxygen atoms in total. The maximum Gasteiger partial charge on any atom is 0.356 e. The van der Waals surface area contributed by atoms with Gasteiger partial charge in [-0.1, -0.05) is 0 Å². The van der Waals surface area contributed by atoms with Gasteiger partial charge in [0.25, 0.3) is 0 Å². The zero-order chi connectivity index (χ0) is 11.4. The predicted octanol–water partition coefficient (Wildman–Crippen LogP) is 0.952. The highest BCUT2D eigenvalue weighted by Crippen LogP contribution is 2.39. The number of imidazole rings is 1. The molecule has 0 aromatic carbocycles. The molecule has 0 radical (unpaired) electrons. The molecule has 0 spiro atoms. The van der Waals surface area contributed by atoms with Gasteiger partial charge in [0.2, 0.25) is 5.78 Å². The van der Waals surface area contributed by atoms with Crippen molar-refractivity contribution in [3.63, 3.8) is 0 Å². The van der Waals surface area contributed by atoms with Gasteiger partial charge in [0.1, 0.15) is 5.82 Å². The summed E-state index contributed by atoms with van der Waals surface area (Å²) >= 11 is 0. The summed E-state index contributed by atoms with van der Waals surface area (Å²) in [6.45, 7) is 1.69. The minimum absolute atomic E-state index is 0.164. The number of hydrogen-bond acceptors (Lipinski definition) is 3. The van der Waals surface area contributed by atoms with E-state index in [0.29, 0.717) is 17.4 Å². The van der Waals surface area contributed by atoms with Gasteiger partial charge in [0, 0.05) is 13.0 Å². The van der Waals surface area contributed by atoms with Crippen molar-refractivity contribution in [2.24, 2.45) is 7.05 Å². The number of fused-ring (bicyclic) bond motifs is 1. The van der Waals surface area contributed by atoms with Crippen molar-refractivity contribution in [1.82, 2.24) is 19.2 Å². The Bertz CT molecular complexity index is 591. The number of carboxylic acids is 1. The first-order valence-electron chi connectivity index (χ1n) is 5.25. The molecule has 1 aliphatic carbocycles. The van der Waals surface area contributed by atoms with Gasteiger partial charge in [0.15, 0.2) is 5.69 Å². The van der Waals surface area contributed by atoms with E-state index < -0.39 is 5.97 Å². The summed E-state index contributed by atoms with van der Waals surface area (Å²) in [4.78, 5) is 15.3. The minimum atomic E-state index is -0.981. The van der Waals surface area contributed by atoms with E-state index in [2.05, 4.69) is 10.1 Å². The first-order valence-corrected chi connectivity index (χ1v) is 5.25. The molecule has 16 heavy (non-hydrogen) atoms. The largest absolute Gasteiger partial charge is 0.476 e. The monoisotopic (exact) mass is 220 g/mol. The van der Waals surface area contributed by atoms with E-state index in [1.807, 2.05) is 11.6 Å². The van der Waals surface area contributed by atoms with Crippen LogP contribution in [0.1, 0.15) is 40.8 Å². The summed E-state index contributed by atoms with van der Waals surface area (Å²) in [7, 11) is 1.88. The predicted molar refractivity (Wildman–Crippen MR) is 55.6 cm³/mol. The third-order valence-corrected chi connectivity index (χ3v) is 3.00. The molecule has 0 saturated heterocycles. The third-order valence-electron chi connectivity index (χ3n) is 3.00. The number of hydrogen-bond donors (Lipinski definition) is 1. The fourth-order valence-corrected chi connectivity index (χ4v) is 2.03. The van der Waals surface area contributed by atoms with Gasteiger partial charge in [-0.2, -0.15) is 9.61 Å². The topological polar surface area (TPSA) is 72.4 Å². The Kier molecular flexibility index (Phi) is 1.66. The molecule has 1 fully saturated rings. The summed E-state index contributed by atoms with van der Waals surface area (Å²) < 4.78 is 3.32. The Morgan fingerprint density at radius 2 is 2.19 bits per heavy atom. The van der Waals surface area contributed by atoms with Crippen LogP contribution in [0.25, 0.3) is 5.78 Å². The van der Waals surface area contributed by atoms with E-state index in [9.17, 15) is 4.79 Å². The first kappa shape index (κ1) is 9.38. The van der Waals surface area contributed by atoms with E-state index in [0.717, 1.165) is 18.7 Å². The van der Waals surface area contributed by atoms with Crippen molar-refractivity contribution in [2.45, 2.75) is 25.7 Å². The molecule has 6 heteroatoms. The number of aromatic carboxylic acids is 1. The molecule has 2 aromatic rings. The van der Waals surface area contributed by atoms with E-state index in [1.54, 1.807) is 6.92 Å². The Balaban J connectivity index is 2.30. The number of rotatable bonds is 2. The highest BCUT2D eigenvalue weighted by molar-refractivity contribution is 5.87. The third kappa shape index (κ3) is 1.09. The molecule has 0 amide bonds. The summed E-state index contributed by atoms with van der Waals surface area (Å²) in [6, 6.07) is 0. The molecule has 2 heterocycles. The fourth-order valence-electron chi connectivity index (χ4n) is 2.03. The normalized spacial score (nSPS) is 15.9. The van der Waals surface area contributed by atoms with Crippen LogP contribution in [0.15, 0.2) is 0 Å². The lowest BCUT2D eigenvalue weighted by molar-refractivity contribution is 0.0687. The summed E-state index contributed by atoms with van der Waals surface area (Å²) in [6.07, 6.45) is 2.27. The van der Waals surface area contributed by atoms with Crippen molar-refractivity contribution >= 4 is 11.7 Å². The number of aryl methyl sites for hydroxylation is 2. The number of nitrogens with zero attached hydrogens (tertiary/aromatic N) is 4. The second-order valence-electron chi connectivity index (χ2n) is 4.25. The second kappa shape index (κ2) is 2.84. The maximum absolute atomic E-state index is 11.1. The molecule has 84 valence electrons. The SMILES string of the molecule is Cc1nc2n(C)c(C3CC3)nn2c1C(=O)O. The van der Waals surface area contributed by atoms with E-state index in [-0.39, 0.29) is 5.69 Å². The quantitative estimate of drug-likeness (QED) is 0.817. The molecule has 0 atom stereocenters. The van der Waals surface area contributed by atoms with Gasteiger partial charge in [-0.3, -0.25) is 4.57 Å². The molecule has 3 rings (SSSR count). The van der Waals surface area contributed by atoms with Gasteiger partial charge in [-0.05, 0) is 19.8 Å². The van der Waals surface area contributed by atoms with Crippen molar-refractivity contribution in [1.29, 1.82) is 0 Å². The lowest BCUT2D eigenvalue weighted by Gasteiger charge is -1.95. The lowest BCUT2D eigenvalue weighted by atomic mass is 10.3. The van der Waals surface area contributed by atoms with E-state index in [4.69, 9.17) is 5.11 Å². The van der Waals surface area contributed by atoms with Crippen LogP contribution in [0, 0.1) is 6.92 Å². The average molecular weight is 220 g/mol. The van der Waals surface area contributed by atoms with Crippen LogP contribution in [0.5, 0.6) is 0 Å². The molecular formula is C10H12N4O2. The van der Waals surface area contributed by atoms with Crippen LogP contribution < -0.4 is 0 Å².